The van der Waals surface area contributed by atoms with Gasteiger partial charge in [0, 0.05) is 6.07 Å². The van der Waals surface area contributed by atoms with Gasteiger partial charge in [-0.25, -0.2) is 4.90 Å². The Morgan fingerprint density at radius 3 is 1.92 bits per heavy atom. The van der Waals surface area contributed by atoms with E-state index < -0.39 is 11.8 Å². The second-order valence-corrected chi connectivity index (χ2v) is 5.14. The van der Waals surface area contributed by atoms with E-state index in [0.29, 0.717) is 16.9 Å². The summed E-state index contributed by atoms with van der Waals surface area (Å²) in [6.07, 6.45) is 0. The van der Waals surface area contributed by atoms with E-state index in [1.807, 2.05) is 18.2 Å². The number of aromatic nitrogens is 2. The van der Waals surface area contributed by atoms with Crippen LogP contribution in [-0.4, -0.2) is 22.0 Å². The molecule has 0 saturated heterocycles. The first-order valence-electron chi connectivity index (χ1n) is 7.28. The van der Waals surface area contributed by atoms with Crippen molar-refractivity contribution < 1.29 is 14.3 Å². The minimum atomic E-state index is -0.401. The van der Waals surface area contributed by atoms with Gasteiger partial charge in [-0.15, -0.1) is 10.2 Å². The van der Waals surface area contributed by atoms with Gasteiger partial charge >= 0.3 is 0 Å². The molecule has 0 spiro atoms. The third-order valence-corrected chi connectivity index (χ3v) is 3.61. The minimum absolute atomic E-state index is 0.168. The van der Waals surface area contributed by atoms with E-state index in [1.54, 1.807) is 42.5 Å². The van der Waals surface area contributed by atoms with Gasteiger partial charge in [-0.05, 0) is 30.3 Å². The number of carbonyl (C=O) groups is 2. The number of ether oxygens (including phenoxy) is 1. The van der Waals surface area contributed by atoms with E-state index in [4.69, 9.17) is 4.74 Å². The zero-order valence-electron chi connectivity index (χ0n) is 12.4. The van der Waals surface area contributed by atoms with Crippen LogP contribution in [0.25, 0.3) is 0 Å². The van der Waals surface area contributed by atoms with Crippen molar-refractivity contribution in [2.45, 2.75) is 0 Å². The maximum Gasteiger partial charge on any atom is 0.267 e. The summed E-state index contributed by atoms with van der Waals surface area (Å²) >= 11 is 0. The van der Waals surface area contributed by atoms with E-state index in [0.717, 1.165) is 4.90 Å². The van der Waals surface area contributed by atoms with Crippen LogP contribution in [0.15, 0.2) is 66.7 Å². The highest BCUT2D eigenvalue weighted by Crippen LogP contribution is 2.27. The van der Waals surface area contributed by atoms with Crippen molar-refractivity contribution >= 4 is 17.6 Å². The van der Waals surface area contributed by atoms with Crippen molar-refractivity contribution in [1.82, 2.24) is 10.2 Å². The molecule has 0 saturated carbocycles. The molecule has 0 unspecified atom stereocenters. The van der Waals surface area contributed by atoms with E-state index >= 15 is 0 Å². The number of benzene rings is 2. The summed E-state index contributed by atoms with van der Waals surface area (Å²) in [4.78, 5) is 25.8. The van der Waals surface area contributed by atoms with Gasteiger partial charge in [-0.1, -0.05) is 30.3 Å². The summed E-state index contributed by atoms with van der Waals surface area (Å²) in [5, 5.41) is 7.88. The third kappa shape index (κ3) is 2.30. The van der Waals surface area contributed by atoms with Gasteiger partial charge in [0.15, 0.2) is 5.82 Å². The maximum absolute atomic E-state index is 12.4. The smallest absolute Gasteiger partial charge is 0.267 e. The maximum atomic E-state index is 12.4. The van der Waals surface area contributed by atoms with Crippen LogP contribution in [-0.2, 0) is 0 Å². The summed E-state index contributed by atoms with van der Waals surface area (Å²) in [5.74, 6) is 0.270. The SMILES string of the molecule is O=C1c2ccccc2C(=O)N1c1ccc(Oc2ccccc2)nn1. The first-order valence-corrected chi connectivity index (χ1v) is 7.28. The molecule has 0 bridgehead atoms. The number of amides is 2. The highest BCUT2D eigenvalue weighted by molar-refractivity contribution is 6.34. The summed E-state index contributed by atoms with van der Waals surface area (Å²) in [6, 6.07) is 18.9. The van der Waals surface area contributed by atoms with Crippen LogP contribution >= 0.6 is 0 Å². The molecular weight excluding hydrogens is 306 g/mol. The van der Waals surface area contributed by atoms with Crippen LogP contribution in [0.4, 0.5) is 5.82 Å². The highest BCUT2D eigenvalue weighted by Gasteiger charge is 2.37. The molecule has 1 aromatic heterocycles. The fourth-order valence-electron chi connectivity index (χ4n) is 2.49. The second-order valence-electron chi connectivity index (χ2n) is 5.14. The lowest BCUT2D eigenvalue weighted by atomic mass is 10.1. The fraction of sp³-hybridized carbons (Fsp3) is 0. The quantitative estimate of drug-likeness (QED) is 0.694. The molecule has 1 aliphatic heterocycles. The van der Waals surface area contributed by atoms with Crippen LogP contribution < -0.4 is 9.64 Å². The zero-order valence-corrected chi connectivity index (χ0v) is 12.4. The lowest BCUT2D eigenvalue weighted by Crippen LogP contribution is -2.30. The number of para-hydroxylation sites is 1. The molecule has 116 valence electrons. The number of rotatable bonds is 3. The molecule has 1 aliphatic rings. The molecule has 0 fully saturated rings. The van der Waals surface area contributed by atoms with Crippen molar-refractivity contribution in [2.24, 2.45) is 0 Å². The van der Waals surface area contributed by atoms with Gasteiger partial charge in [0.05, 0.1) is 11.1 Å². The normalized spacial score (nSPS) is 13.1. The van der Waals surface area contributed by atoms with E-state index in [-0.39, 0.29) is 11.7 Å². The van der Waals surface area contributed by atoms with Crippen molar-refractivity contribution in [3.8, 4) is 11.6 Å². The monoisotopic (exact) mass is 317 g/mol. The summed E-state index contributed by atoms with van der Waals surface area (Å²) in [6.45, 7) is 0. The minimum Gasteiger partial charge on any atom is -0.438 e. The Kier molecular flexibility index (Phi) is 3.28. The van der Waals surface area contributed by atoms with E-state index in [9.17, 15) is 9.59 Å². The summed E-state index contributed by atoms with van der Waals surface area (Å²) in [5.41, 5.74) is 0.739. The Hall–Kier alpha value is -3.54. The van der Waals surface area contributed by atoms with Crippen LogP contribution in [0.2, 0.25) is 0 Å². The first-order chi connectivity index (χ1) is 11.7. The Morgan fingerprint density at radius 2 is 1.33 bits per heavy atom. The largest absolute Gasteiger partial charge is 0.438 e. The van der Waals surface area contributed by atoms with Crippen molar-refractivity contribution in [3.05, 3.63) is 77.9 Å². The van der Waals surface area contributed by atoms with Crippen LogP contribution in [0.3, 0.4) is 0 Å². The summed E-state index contributed by atoms with van der Waals surface area (Å²) < 4.78 is 5.55. The van der Waals surface area contributed by atoms with Gasteiger partial charge in [0.25, 0.3) is 11.8 Å². The number of anilines is 1. The topological polar surface area (TPSA) is 72.4 Å². The third-order valence-electron chi connectivity index (χ3n) is 3.61. The Balaban J connectivity index is 1.60. The van der Waals surface area contributed by atoms with Crippen molar-refractivity contribution in [1.29, 1.82) is 0 Å². The second kappa shape index (κ2) is 5.58. The zero-order chi connectivity index (χ0) is 16.5. The average Bonchev–Trinajstić information content (AvgIpc) is 2.88. The van der Waals surface area contributed by atoms with Gasteiger partial charge < -0.3 is 4.74 Å². The predicted octanol–water partition coefficient (Wildman–Crippen LogP) is 3.07. The van der Waals surface area contributed by atoms with Gasteiger partial charge in [-0.2, -0.15) is 0 Å². The van der Waals surface area contributed by atoms with Gasteiger partial charge in [-0.3, -0.25) is 9.59 Å². The molecule has 0 aliphatic carbocycles. The molecule has 3 aromatic rings. The number of imide groups is 1. The predicted molar refractivity (Wildman–Crippen MR) is 86.1 cm³/mol. The molecule has 2 heterocycles. The number of carbonyl (C=O) groups excluding carboxylic acids is 2. The fourth-order valence-corrected chi connectivity index (χ4v) is 2.49. The molecule has 6 heteroatoms. The van der Waals surface area contributed by atoms with E-state index in [2.05, 4.69) is 10.2 Å². The number of hydrogen-bond acceptors (Lipinski definition) is 5. The van der Waals surface area contributed by atoms with Crippen molar-refractivity contribution in [3.63, 3.8) is 0 Å². The Labute approximate surface area is 137 Å². The number of nitrogens with zero attached hydrogens (tertiary/aromatic N) is 3. The molecule has 6 nitrogen and oxygen atoms in total. The lowest BCUT2D eigenvalue weighted by molar-refractivity contribution is 0.0924. The van der Waals surface area contributed by atoms with Crippen LogP contribution in [0, 0.1) is 0 Å². The van der Waals surface area contributed by atoms with Gasteiger partial charge in [0.1, 0.15) is 5.75 Å². The number of hydrogen-bond donors (Lipinski definition) is 0. The van der Waals surface area contributed by atoms with Crippen molar-refractivity contribution in [2.75, 3.05) is 4.90 Å². The highest BCUT2D eigenvalue weighted by atomic mass is 16.5. The van der Waals surface area contributed by atoms with E-state index in [1.165, 1.54) is 6.07 Å². The summed E-state index contributed by atoms with van der Waals surface area (Å²) in [7, 11) is 0. The molecule has 0 radical (unpaired) electrons. The van der Waals surface area contributed by atoms with Gasteiger partial charge in [0.2, 0.25) is 5.88 Å². The van der Waals surface area contributed by atoms with Crippen LogP contribution in [0.5, 0.6) is 11.6 Å². The standard InChI is InChI=1S/C18H11N3O3/c22-17-13-8-4-5-9-14(13)18(23)21(17)15-10-11-16(20-19-15)24-12-6-2-1-3-7-12/h1-11H. The first kappa shape index (κ1) is 14.1. The average molecular weight is 317 g/mol. The lowest BCUT2D eigenvalue weighted by Gasteiger charge is -2.12. The van der Waals surface area contributed by atoms with Crippen LogP contribution in [0.1, 0.15) is 20.7 Å². The Morgan fingerprint density at radius 1 is 0.708 bits per heavy atom. The molecule has 4 rings (SSSR count). The molecule has 2 aromatic carbocycles. The molecule has 0 atom stereocenters. The molecule has 24 heavy (non-hydrogen) atoms. The number of fused-ring (bicyclic) bond motifs is 1. The molecular formula is C18H11N3O3. The molecule has 0 N–H and O–H groups in total. The molecule has 2 amide bonds. The Bertz CT molecular complexity index is 889.